The van der Waals surface area contributed by atoms with Gasteiger partial charge in [0.05, 0.1) is 0 Å². The summed E-state index contributed by atoms with van der Waals surface area (Å²) < 4.78 is 0. The van der Waals surface area contributed by atoms with Crippen molar-refractivity contribution in [2.45, 2.75) is 63.1 Å². The number of nitrogens with one attached hydrogen (secondary N) is 1. The van der Waals surface area contributed by atoms with Crippen molar-refractivity contribution >= 4 is 0 Å². The zero-order valence-electron chi connectivity index (χ0n) is 12.2. The van der Waals surface area contributed by atoms with Crippen molar-refractivity contribution in [3.05, 3.63) is 12.2 Å². The van der Waals surface area contributed by atoms with Gasteiger partial charge in [-0.3, -0.25) is 0 Å². The predicted octanol–water partition coefficient (Wildman–Crippen LogP) is 2.80. The van der Waals surface area contributed by atoms with Gasteiger partial charge in [-0.25, -0.2) is 0 Å². The Labute approximate surface area is 117 Å². The van der Waals surface area contributed by atoms with Crippen LogP contribution in [0.5, 0.6) is 0 Å². The molecule has 0 amide bonds. The first-order valence-corrected chi connectivity index (χ1v) is 8.43. The SMILES string of the molecule is CN1C2CCCC1CC(NCC1CC3C=CC1C3)C2. The van der Waals surface area contributed by atoms with E-state index in [2.05, 4.69) is 29.4 Å². The van der Waals surface area contributed by atoms with Crippen LogP contribution >= 0.6 is 0 Å². The van der Waals surface area contributed by atoms with Gasteiger partial charge in [0.15, 0.2) is 0 Å². The van der Waals surface area contributed by atoms with Gasteiger partial charge >= 0.3 is 0 Å². The number of rotatable bonds is 3. The highest BCUT2D eigenvalue weighted by atomic mass is 15.2. The third-order valence-corrected chi connectivity index (χ3v) is 6.42. The van der Waals surface area contributed by atoms with Gasteiger partial charge in [0.1, 0.15) is 0 Å². The molecule has 4 bridgehead atoms. The normalized spacial score (nSPS) is 48.9. The summed E-state index contributed by atoms with van der Waals surface area (Å²) in [4.78, 5) is 2.67. The molecule has 106 valence electrons. The molecule has 0 aromatic heterocycles. The molecule has 5 atom stereocenters. The maximum atomic E-state index is 3.94. The molecule has 2 nitrogen and oxygen atoms in total. The predicted molar refractivity (Wildman–Crippen MR) is 79.1 cm³/mol. The van der Waals surface area contributed by atoms with E-state index < -0.39 is 0 Å². The lowest BCUT2D eigenvalue weighted by atomic mass is 9.82. The van der Waals surface area contributed by atoms with Gasteiger partial charge in [-0.2, -0.15) is 0 Å². The highest BCUT2D eigenvalue weighted by Gasteiger charge is 2.38. The average molecular weight is 260 g/mol. The molecule has 0 aromatic carbocycles. The van der Waals surface area contributed by atoms with Gasteiger partial charge in [-0.1, -0.05) is 18.6 Å². The minimum atomic E-state index is 0.801. The quantitative estimate of drug-likeness (QED) is 0.785. The lowest BCUT2D eigenvalue weighted by Crippen LogP contribution is -2.55. The molecule has 0 aromatic rings. The average Bonchev–Trinajstić information content (AvgIpc) is 2.99. The highest BCUT2D eigenvalue weighted by Crippen LogP contribution is 2.43. The zero-order chi connectivity index (χ0) is 12.8. The number of piperidine rings is 2. The van der Waals surface area contributed by atoms with Crippen LogP contribution in [-0.4, -0.2) is 36.6 Å². The van der Waals surface area contributed by atoms with Gasteiger partial charge in [0.25, 0.3) is 0 Å². The van der Waals surface area contributed by atoms with Gasteiger partial charge < -0.3 is 10.2 Å². The molecule has 2 heterocycles. The Balaban J connectivity index is 1.31. The molecule has 19 heavy (non-hydrogen) atoms. The van der Waals surface area contributed by atoms with Crippen LogP contribution in [0, 0.1) is 17.8 Å². The molecule has 2 aliphatic heterocycles. The summed E-state index contributed by atoms with van der Waals surface area (Å²) in [5.74, 6) is 2.77. The Bertz CT molecular complexity index is 350. The summed E-state index contributed by atoms with van der Waals surface area (Å²) in [7, 11) is 2.35. The van der Waals surface area contributed by atoms with E-state index in [0.717, 1.165) is 35.9 Å². The van der Waals surface area contributed by atoms with Crippen LogP contribution in [0.2, 0.25) is 0 Å². The third-order valence-electron chi connectivity index (χ3n) is 6.42. The van der Waals surface area contributed by atoms with Gasteiger partial charge in [-0.05, 0) is 69.9 Å². The third kappa shape index (κ3) is 2.27. The molecular formula is C17H28N2. The van der Waals surface area contributed by atoms with Crippen LogP contribution in [0.15, 0.2) is 12.2 Å². The van der Waals surface area contributed by atoms with E-state index in [1.54, 1.807) is 0 Å². The van der Waals surface area contributed by atoms with Crippen molar-refractivity contribution in [2.24, 2.45) is 17.8 Å². The lowest BCUT2D eigenvalue weighted by Gasteiger charge is -2.47. The fraction of sp³-hybridized carbons (Fsp3) is 0.882. The van der Waals surface area contributed by atoms with Crippen LogP contribution in [0.1, 0.15) is 44.9 Å². The fourth-order valence-corrected chi connectivity index (χ4v) is 5.23. The Morgan fingerprint density at radius 2 is 1.84 bits per heavy atom. The maximum absolute atomic E-state index is 3.94. The zero-order valence-corrected chi connectivity index (χ0v) is 12.2. The van der Waals surface area contributed by atoms with Crippen molar-refractivity contribution in [3.8, 4) is 0 Å². The van der Waals surface area contributed by atoms with E-state index >= 15 is 0 Å². The Hall–Kier alpha value is -0.340. The van der Waals surface area contributed by atoms with E-state index in [-0.39, 0.29) is 0 Å². The second kappa shape index (κ2) is 4.89. The van der Waals surface area contributed by atoms with Crippen molar-refractivity contribution in [2.75, 3.05) is 13.6 Å². The first-order chi connectivity index (χ1) is 9.29. The van der Waals surface area contributed by atoms with E-state index in [1.807, 2.05) is 0 Å². The topological polar surface area (TPSA) is 15.3 Å². The van der Waals surface area contributed by atoms with E-state index in [4.69, 9.17) is 0 Å². The van der Waals surface area contributed by atoms with Gasteiger partial charge in [0.2, 0.25) is 0 Å². The molecule has 4 rings (SSSR count). The molecule has 1 N–H and O–H groups in total. The summed E-state index contributed by atoms with van der Waals surface area (Å²) in [6.07, 6.45) is 15.0. The Morgan fingerprint density at radius 3 is 2.47 bits per heavy atom. The molecule has 0 radical (unpaired) electrons. The molecule has 2 aliphatic carbocycles. The Morgan fingerprint density at radius 1 is 1.05 bits per heavy atom. The van der Waals surface area contributed by atoms with Crippen molar-refractivity contribution in [3.63, 3.8) is 0 Å². The number of allylic oxidation sites excluding steroid dienone is 2. The molecule has 0 spiro atoms. The minimum absolute atomic E-state index is 0.801. The molecular weight excluding hydrogens is 232 g/mol. The standard InChI is InChI=1S/C17H28N2/c1-19-16-3-2-4-17(19)10-15(9-16)18-11-14-8-12-5-6-13(14)7-12/h5-6,12-18H,2-4,7-11H2,1H3. The monoisotopic (exact) mass is 260 g/mol. The number of hydrogen-bond acceptors (Lipinski definition) is 2. The first-order valence-electron chi connectivity index (χ1n) is 8.43. The molecule has 3 fully saturated rings. The summed E-state index contributed by atoms with van der Waals surface area (Å²) in [6.45, 7) is 1.28. The summed E-state index contributed by atoms with van der Waals surface area (Å²) >= 11 is 0. The summed E-state index contributed by atoms with van der Waals surface area (Å²) in [5, 5.41) is 3.94. The highest BCUT2D eigenvalue weighted by molar-refractivity contribution is 5.10. The van der Waals surface area contributed by atoms with E-state index in [9.17, 15) is 0 Å². The van der Waals surface area contributed by atoms with Crippen molar-refractivity contribution in [1.82, 2.24) is 10.2 Å². The molecule has 2 saturated heterocycles. The molecule has 4 aliphatic rings. The summed E-state index contributed by atoms with van der Waals surface area (Å²) in [5.41, 5.74) is 0. The first kappa shape index (κ1) is 12.4. The Kier molecular flexibility index (Phi) is 3.19. The van der Waals surface area contributed by atoms with E-state index in [1.165, 1.54) is 51.5 Å². The smallest absolute Gasteiger partial charge is 0.0110 e. The number of nitrogens with zero attached hydrogens (tertiary/aromatic N) is 1. The van der Waals surface area contributed by atoms with Crippen LogP contribution in [0.25, 0.3) is 0 Å². The van der Waals surface area contributed by atoms with Crippen LogP contribution in [-0.2, 0) is 0 Å². The van der Waals surface area contributed by atoms with E-state index in [0.29, 0.717) is 0 Å². The maximum Gasteiger partial charge on any atom is 0.0110 e. The van der Waals surface area contributed by atoms with Crippen molar-refractivity contribution in [1.29, 1.82) is 0 Å². The van der Waals surface area contributed by atoms with Crippen LogP contribution < -0.4 is 5.32 Å². The second-order valence-corrected chi connectivity index (χ2v) is 7.52. The molecule has 2 heteroatoms. The number of fused-ring (bicyclic) bond motifs is 4. The molecule has 1 saturated carbocycles. The van der Waals surface area contributed by atoms with Gasteiger partial charge in [0, 0.05) is 18.1 Å². The number of hydrogen-bond donors (Lipinski definition) is 1. The van der Waals surface area contributed by atoms with Crippen LogP contribution in [0.3, 0.4) is 0 Å². The largest absolute Gasteiger partial charge is 0.314 e. The minimum Gasteiger partial charge on any atom is -0.314 e. The summed E-state index contributed by atoms with van der Waals surface area (Å²) in [6, 6.07) is 2.53. The fourth-order valence-electron chi connectivity index (χ4n) is 5.23. The van der Waals surface area contributed by atoms with Crippen LogP contribution in [0.4, 0.5) is 0 Å². The van der Waals surface area contributed by atoms with Crippen molar-refractivity contribution < 1.29 is 0 Å². The second-order valence-electron chi connectivity index (χ2n) is 7.52. The molecule has 5 unspecified atom stereocenters. The van der Waals surface area contributed by atoms with Gasteiger partial charge in [-0.15, -0.1) is 0 Å². The lowest BCUT2D eigenvalue weighted by molar-refractivity contribution is 0.0474.